The van der Waals surface area contributed by atoms with Gasteiger partial charge < -0.3 is 10.4 Å². The van der Waals surface area contributed by atoms with Gasteiger partial charge in [-0.1, -0.05) is 51.1 Å². The summed E-state index contributed by atoms with van der Waals surface area (Å²) in [5.74, 6) is -1.59. The summed E-state index contributed by atoms with van der Waals surface area (Å²) >= 11 is 0. The summed E-state index contributed by atoms with van der Waals surface area (Å²) in [6.45, 7) is 5.12. The summed E-state index contributed by atoms with van der Waals surface area (Å²) in [4.78, 5) is 15.7. The number of pyridine rings is 1. The van der Waals surface area contributed by atoms with Crippen LogP contribution < -0.4 is 9.62 Å². The maximum absolute atomic E-state index is 14.1. The number of hydrogen-bond donors (Lipinski definition) is 2. The van der Waals surface area contributed by atoms with Gasteiger partial charge in [0.05, 0.1) is 28.4 Å². The van der Waals surface area contributed by atoms with Crippen LogP contribution in [-0.4, -0.2) is 24.5 Å². The fourth-order valence-corrected chi connectivity index (χ4v) is 5.85. The molecule has 0 amide bonds. The predicted octanol–water partition coefficient (Wildman–Crippen LogP) is 5.55. The molecule has 2 heterocycles. The van der Waals surface area contributed by atoms with Crippen molar-refractivity contribution in [3.05, 3.63) is 77.0 Å². The number of carboxylic acid groups (broad SMARTS) is 1. The summed E-state index contributed by atoms with van der Waals surface area (Å²) in [5, 5.41) is 12.6. The molecule has 2 aromatic carbocycles. The number of nitrogens with zero attached hydrogens (tertiary/aromatic N) is 2. The van der Waals surface area contributed by atoms with Crippen LogP contribution in [0.25, 0.3) is 0 Å². The van der Waals surface area contributed by atoms with E-state index in [4.69, 9.17) is 0 Å². The van der Waals surface area contributed by atoms with Gasteiger partial charge in [0, 0.05) is 5.56 Å². The largest absolute Gasteiger partial charge is 0.478 e. The molecule has 3 aromatic rings. The van der Waals surface area contributed by atoms with Crippen LogP contribution in [0.1, 0.15) is 48.0 Å². The van der Waals surface area contributed by atoms with E-state index in [1.165, 1.54) is 24.3 Å². The molecule has 0 saturated carbocycles. The van der Waals surface area contributed by atoms with Crippen LogP contribution in [0.15, 0.2) is 59.5 Å². The molecule has 0 saturated heterocycles. The third kappa shape index (κ3) is 4.43. The van der Waals surface area contributed by atoms with Gasteiger partial charge in [0.1, 0.15) is 11.5 Å². The quantitative estimate of drug-likeness (QED) is 0.484. The number of rotatable bonds is 3. The highest BCUT2D eigenvalue weighted by atomic mass is 32.2. The van der Waals surface area contributed by atoms with Gasteiger partial charge in [-0.25, -0.2) is 18.2 Å². The lowest BCUT2D eigenvalue weighted by Crippen LogP contribution is -2.33. The van der Waals surface area contributed by atoms with E-state index >= 15 is 0 Å². The van der Waals surface area contributed by atoms with Crippen LogP contribution in [0.2, 0.25) is 0 Å². The highest BCUT2D eigenvalue weighted by Gasteiger charge is 2.38. The van der Waals surface area contributed by atoms with E-state index in [-0.39, 0.29) is 33.2 Å². The normalized spacial score (nSPS) is 13.9. The molecule has 0 unspecified atom stereocenters. The molecule has 0 radical (unpaired) electrons. The number of aromatic carboxylic acids is 1. The Kier molecular flexibility index (Phi) is 5.79. The molecule has 0 spiro atoms. The number of alkyl halides is 3. The fourth-order valence-electron chi connectivity index (χ4n) is 3.96. The summed E-state index contributed by atoms with van der Waals surface area (Å²) in [7, 11) is -4.37. The van der Waals surface area contributed by atoms with Crippen LogP contribution in [0.4, 0.5) is 30.4 Å². The molecule has 0 aliphatic carbocycles. The van der Waals surface area contributed by atoms with Crippen molar-refractivity contribution in [2.75, 3.05) is 9.62 Å². The number of benzene rings is 2. The Morgan fingerprint density at radius 1 is 1.03 bits per heavy atom. The van der Waals surface area contributed by atoms with Gasteiger partial charge >= 0.3 is 12.1 Å². The number of fused-ring (bicyclic) bond motifs is 2. The number of carboxylic acids is 1. The van der Waals surface area contributed by atoms with Gasteiger partial charge in [-0.15, -0.1) is 0 Å². The van der Waals surface area contributed by atoms with Crippen LogP contribution in [-0.2, 0) is 28.2 Å². The second kappa shape index (κ2) is 8.26. The minimum Gasteiger partial charge on any atom is -0.478 e. The predicted molar refractivity (Wildman–Crippen MR) is 124 cm³/mol. The molecule has 4 rings (SSSR count). The first-order valence-corrected chi connectivity index (χ1v) is 12.0. The van der Waals surface area contributed by atoms with E-state index in [2.05, 4.69) is 10.3 Å². The number of aromatic nitrogens is 1. The van der Waals surface area contributed by atoms with E-state index in [0.717, 1.165) is 16.4 Å². The van der Waals surface area contributed by atoms with Crippen LogP contribution in [0.3, 0.4) is 0 Å². The maximum atomic E-state index is 14.1. The minimum atomic E-state index is -4.72. The summed E-state index contributed by atoms with van der Waals surface area (Å²) in [6, 6.07) is 12.3. The lowest BCUT2D eigenvalue weighted by Gasteiger charge is -2.29. The highest BCUT2D eigenvalue weighted by molar-refractivity contribution is 7.92. The van der Waals surface area contributed by atoms with Gasteiger partial charge in [0.25, 0.3) is 10.0 Å². The van der Waals surface area contributed by atoms with E-state index in [1.54, 1.807) is 18.2 Å². The van der Waals surface area contributed by atoms with E-state index in [0.29, 0.717) is 5.56 Å². The molecule has 0 atom stereocenters. The van der Waals surface area contributed by atoms with Crippen molar-refractivity contribution in [1.82, 2.24) is 4.98 Å². The molecular formula is C24H22F3N3O4S. The number of sulfonamides is 1. The Hall–Kier alpha value is -3.60. The molecule has 1 aromatic heterocycles. The Bertz CT molecular complexity index is 1430. The third-order valence-electron chi connectivity index (χ3n) is 5.62. The van der Waals surface area contributed by atoms with Crippen molar-refractivity contribution >= 4 is 33.2 Å². The molecule has 7 nitrogen and oxygen atoms in total. The number of halogens is 3. The Morgan fingerprint density at radius 2 is 1.71 bits per heavy atom. The van der Waals surface area contributed by atoms with Crippen molar-refractivity contribution in [2.45, 2.75) is 43.8 Å². The first-order valence-electron chi connectivity index (χ1n) is 10.5. The van der Waals surface area contributed by atoms with Crippen LogP contribution >= 0.6 is 0 Å². The Labute approximate surface area is 200 Å². The van der Waals surface area contributed by atoms with E-state index in [9.17, 15) is 31.5 Å². The Morgan fingerprint density at radius 3 is 2.34 bits per heavy atom. The van der Waals surface area contributed by atoms with Gasteiger partial charge in [-0.05, 0) is 35.2 Å². The van der Waals surface area contributed by atoms with Crippen molar-refractivity contribution < 1.29 is 31.5 Å². The van der Waals surface area contributed by atoms with E-state index in [1.807, 2.05) is 20.8 Å². The topological polar surface area (TPSA) is 99.6 Å². The van der Waals surface area contributed by atoms with Crippen LogP contribution in [0, 0.1) is 0 Å². The average Bonchev–Trinajstić information content (AvgIpc) is 2.94. The zero-order valence-corrected chi connectivity index (χ0v) is 19.8. The molecule has 1 aliphatic heterocycles. The van der Waals surface area contributed by atoms with Gasteiger partial charge in [0.15, 0.2) is 0 Å². The molecule has 35 heavy (non-hydrogen) atoms. The number of anilines is 3. The van der Waals surface area contributed by atoms with Gasteiger partial charge in [-0.2, -0.15) is 13.2 Å². The molecule has 11 heteroatoms. The molecule has 0 fully saturated rings. The molecule has 0 bridgehead atoms. The smallest absolute Gasteiger partial charge is 0.433 e. The standard InChI is InChI=1S/C24H22F3N3O4S/c1-23(2,3)16-8-4-5-10-18(16)35(33,34)30-13-14-11-12-19(24(25,26)27)29-21(14)28-17-9-6-7-15(20(17)30)22(31)32/h4-12H,13H2,1-3H3,(H,28,29)(H,31,32). The first-order chi connectivity index (χ1) is 16.2. The molecule has 1 aliphatic rings. The Balaban J connectivity index is 2.00. The van der Waals surface area contributed by atoms with E-state index < -0.39 is 39.8 Å². The zero-order chi connectivity index (χ0) is 25.8. The first kappa shape index (κ1) is 24.5. The molecule has 184 valence electrons. The number of hydrogen-bond acceptors (Lipinski definition) is 5. The minimum absolute atomic E-state index is 0.00675. The zero-order valence-electron chi connectivity index (χ0n) is 19.0. The number of para-hydroxylation sites is 1. The van der Waals surface area contributed by atoms with Gasteiger partial charge in [0.2, 0.25) is 0 Å². The second-order valence-electron chi connectivity index (χ2n) is 9.09. The number of nitrogens with one attached hydrogen (secondary N) is 1. The summed E-state index contributed by atoms with van der Waals surface area (Å²) in [5.41, 5.74) is -1.56. The third-order valence-corrected chi connectivity index (χ3v) is 7.42. The van der Waals surface area contributed by atoms with Crippen molar-refractivity contribution in [2.24, 2.45) is 0 Å². The maximum Gasteiger partial charge on any atom is 0.433 e. The van der Waals surface area contributed by atoms with Crippen molar-refractivity contribution in [3.63, 3.8) is 0 Å². The number of carbonyl (C=O) groups is 1. The lowest BCUT2D eigenvalue weighted by atomic mass is 9.87. The molecular weight excluding hydrogens is 483 g/mol. The van der Waals surface area contributed by atoms with Crippen molar-refractivity contribution in [3.8, 4) is 0 Å². The molecule has 2 N–H and O–H groups in total. The summed E-state index contributed by atoms with van der Waals surface area (Å²) < 4.78 is 69.0. The van der Waals surface area contributed by atoms with Crippen molar-refractivity contribution in [1.29, 1.82) is 0 Å². The summed E-state index contributed by atoms with van der Waals surface area (Å²) in [6.07, 6.45) is -4.72. The van der Waals surface area contributed by atoms with Gasteiger partial charge in [-0.3, -0.25) is 4.31 Å². The monoisotopic (exact) mass is 505 g/mol. The lowest BCUT2D eigenvalue weighted by molar-refractivity contribution is -0.141. The van der Waals surface area contributed by atoms with Crippen LogP contribution in [0.5, 0.6) is 0 Å². The fraction of sp³-hybridized carbons (Fsp3) is 0.250. The SMILES string of the molecule is CC(C)(C)c1ccccc1S(=O)(=O)N1Cc2ccc(C(F)(F)F)nc2Nc2cccc(C(=O)O)c21. The average molecular weight is 506 g/mol. The highest BCUT2D eigenvalue weighted by Crippen LogP contribution is 2.43. The second-order valence-corrected chi connectivity index (χ2v) is 10.9.